The lowest BCUT2D eigenvalue weighted by atomic mass is 9.97. The molecule has 1 saturated heterocycles. The third-order valence-corrected chi connectivity index (χ3v) is 7.24. The van der Waals surface area contributed by atoms with Crippen molar-refractivity contribution in [3.8, 4) is 0 Å². The summed E-state index contributed by atoms with van der Waals surface area (Å²) in [6.07, 6.45) is 7.64. The van der Waals surface area contributed by atoms with Crippen molar-refractivity contribution in [3.63, 3.8) is 0 Å². The Kier molecular flexibility index (Phi) is 7.67. The Hall–Kier alpha value is -2.28. The maximum absolute atomic E-state index is 13.0. The number of carbonyl (C=O) groups excluding carboxylic acids is 1. The van der Waals surface area contributed by atoms with Crippen LogP contribution in [-0.2, 0) is 17.7 Å². The molecule has 6 heteroatoms. The number of hydrogen-bond donors (Lipinski definition) is 1. The zero-order chi connectivity index (χ0) is 21.5. The highest BCUT2D eigenvalue weighted by Gasteiger charge is 2.26. The smallest absolute Gasteiger partial charge is 0.261 e. The van der Waals surface area contributed by atoms with E-state index < -0.39 is 0 Å². The number of likely N-dealkylation sites (tertiary alicyclic amines) is 1. The Morgan fingerprint density at radius 3 is 2.90 bits per heavy atom. The molecule has 31 heavy (non-hydrogen) atoms. The van der Waals surface area contributed by atoms with Crippen molar-refractivity contribution in [1.82, 2.24) is 15.2 Å². The molecule has 1 aliphatic rings. The van der Waals surface area contributed by atoms with Gasteiger partial charge in [-0.25, -0.2) is 0 Å². The number of methoxy groups -OCH3 is 1. The maximum atomic E-state index is 13.0. The predicted molar refractivity (Wildman–Crippen MR) is 127 cm³/mol. The van der Waals surface area contributed by atoms with Crippen LogP contribution >= 0.6 is 11.3 Å². The Morgan fingerprint density at radius 2 is 2.06 bits per heavy atom. The molecule has 1 N–H and O–H groups in total. The topological polar surface area (TPSA) is 54.5 Å². The van der Waals surface area contributed by atoms with Gasteiger partial charge in [-0.05, 0) is 55.0 Å². The molecule has 5 nitrogen and oxygen atoms in total. The van der Waals surface area contributed by atoms with Crippen molar-refractivity contribution in [3.05, 3.63) is 64.8 Å². The number of amides is 1. The van der Waals surface area contributed by atoms with Crippen LogP contribution in [0.1, 0.15) is 46.6 Å². The van der Waals surface area contributed by atoms with Gasteiger partial charge in [-0.15, -0.1) is 11.3 Å². The standard InChI is InChI=1S/C25H31N3O2S/c1-30-16-14-27-25(29)24-22(21-11-4-5-12-23(21)31-24)17-20-10-3-2-8-15-28(20)18-19-9-6-7-13-26-19/h4-7,9,11-13,20H,2-3,8,10,14-18H2,1H3,(H,27,29). The van der Waals surface area contributed by atoms with Gasteiger partial charge in [0.2, 0.25) is 0 Å². The molecule has 0 bridgehead atoms. The fraction of sp³-hybridized carbons (Fsp3) is 0.440. The number of thiophene rings is 1. The highest BCUT2D eigenvalue weighted by molar-refractivity contribution is 7.21. The Balaban J connectivity index is 1.61. The molecule has 3 heterocycles. The number of benzene rings is 1. The summed E-state index contributed by atoms with van der Waals surface area (Å²) in [4.78, 5) is 21.0. The lowest BCUT2D eigenvalue weighted by molar-refractivity contribution is 0.0939. The van der Waals surface area contributed by atoms with Crippen LogP contribution in [-0.4, -0.2) is 48.6 Å². The first-order valence-electron chi connectivity index (χ1n) is 11.2. The average Bonchev–Trinajstić information content (AvgIpc) is 3.02. The normalized spacial score (nSPS) is 17.5. The highest BCUT2D eigenvalue weighted by atomic mass is 32.1. The summed E-state index contributed by atoms with van der Waals surface area (Å²) < 4.78 is 6.28. The number of nitrogens with one attached hydrogen (secondary N) is 1. The fourth-order valence-electron chi connectivity index (χ4n) is 4.44. The fourth-order valence-corrected chi connectivity index (χ4v) is 5.59. The number of fused-ring (bicyclic) bond motifs is 1. The van der Waals surface area contributed by atoms with Crippen LogP contribution in [0.25, 0.3) is 10.1 Å². The summed E-state index contributed by atoms with van der Waals surface area (Å²) >= 11 is 1.61. The van der Waals surface area contributed by atoms with E-state index in [2.05, 4.69) is 45.5 Å². The minimum atomic E-state index is 0.0122. The van der Waals surface area contributed by atoms with Crippen molar-refractivity contribution < 1.29 is 9.53 Å². The van der Waals surface area contributed by atoms with Gasteiger partial charge in [0.15, 0.2) is 0 Å². The number of rotatable bonds is 8. The van der Waals surface area contributed by atoms with Crippen LogP contribution in [0.5, 0.6) is 0 Å². The van der Waals surface area contributed by atoms with Crippen molar-refractivity contribution in [2.75, 3.05) is 26.8 Å². The average molecular weight is 438 g/mol. The van der Waals surface area contributed by atoms with Crippen molar-refractivity contribution in [1.29, 1.82) is 0 Å². The summed E-state index contributed by atoms with van der Waals surface area (Å²) in [6.45, 7) is 2.99. The van der Waals surface area contributed by atoms with Gasteiger partial charge in [-0.2, -0.15) is 0 Å². The van der Waals surface area contributed by atoms with E-state index in [0.717, 1.165) is 36.5 Å². The van der Waals surface area contributed by atoms with Crippen LogP contribution in [0.2, 0.25) is 0 Å². The Labute approximate surface area is 188 Å². The summed E-state index contributed by atoms with van der Waals surface area (Å²) in [6, 6.07) is 14.9. The van der Waals surface area contributed by atoms with Crippen molar-refractivity contribution >= 4 is 27.3 Å². The van der Waals surface area contributed by atoms with Gasteiger partial charge in [0.25, 0.3) is 5.91 Å². The monoisotopic (exact) mass is 437 g/mol. The second kappa shape index (κ2) is 10.8. The van der Waals surface area contributed by atoms with Gasteiger partial charge in [-0.3, -0.25) is 14.7 Å². The molecule has 1 unspecified atom stereocenters. The third-order valence-electron chi connectivity index (χ3n) is 6.03. The lowest BCUT2D eigenvalue weighted by Crippen LogP contribution is -2.36. The number of aromatic nitrogens is 1. The number of carbonyl (C=O) groups is 1. The molecule has 0 saturated carbocycles. The summed E-state index contributed by atoms with van der Waals surface area (Å²) in [5.74, 6) is 0.0122. The van der Waals surface area contributed by atoms with E-state index in [-0.39, 0.29) is 5.91 Å². The second-order valence-electron chi connectivity index (χ2n) is 8.15. The summed E-state index contributed by atoms with van der Waals surface area (Å²) in [5, 5.41) is 4.24. The quantitative estimate of drug-likeness (QED) is 0.521. The van der Waals surface area contributed by atoms with E-state index in [1.165, 1.54) is 34.9 Å². The molecule has 0 aliphatic carbocycles. The van der Waals surface area contributed by atoms with E-state index in [0.29, 0.717) is 19.2 Å². The molecule has 1 amide bonds. The largest absolute Gasteiger partial charge is 0.383 e. The van der Waals surface area contributed by atoms with E-state index in [1.807, 2.05) is 18.3 Å². The van der Waals surface area contributed by atoms with E-state index >= 15 is 0 Å². The van der Waals surface area contributed by atoms with E-state index in [4.69, 9.17) is 4.74 Å². The maximum Gasteiger partial charge on any atom is 0.261 e. The summed E-state index contributed by atoms with van der Waals surface area (Å²) in [7, 11) is 1.65. The first-order valence-corrected chi connectivity index (χ1v) is 12.0. The van der Waals surface area contributed by atoms with Crippen LogP contribution in [0, 0.1) is 0 Å². The minimum absolute atomic E-state index is 0.0122. The molecular weight excluding hydrogens is 406 g/mol. The van der Waals surface area contributed by atoms with Gasteiger partial charge >= 0.3 is 0 Å². The molecule has 0 radical (unpaired) electrons. The van der Waals surface area contributed by atoms with Gasteiger partial charge in [-0.1, -0.05) is 37.1 Å². The Bertz CT molecular complexity index is 989. The van der Waals surface area contributed by atoms with Crippen molar-refractivity contribution in [2.45, 2.75) is 44.7 Å². The highest BCUT2D eigenvalue weighted by Crippen LogP contribution is 2.34. The number of hydrogen-bond acceptors (Lipinski definition) is 5. The van der Waals surface area contributed by atoms with Gasteiger partial charge in [0.1, 0.15) is 0 Å². The van der Waals surface area contributed by atoms with Gasteiger partial charge < -0.3 is 10.1 Å². The van der Waals surface area contributed by atoms with Crippen LogP contribution < -0.4 is 5.32 Å². The second-order valence-corrected chi connectivity index (χ2v) is 9.21. The molecule has 3 aromatic rings. The number of pyridine rings is 1. The zero-order valence-corrected chi connectivity index (χ0v) is 19.0. The molecule has 1 fully saturated rings. The molecule has 0 spiro atoms. The lowest BCUT2D eigenvalue weighted by Gasteiger charge is -2.30. The molecule has 1 aliphatic heterocycles. The predicted octanol–water partition coefficient (Wildman–Crippen LogP) is 4.66. The zero-order valence-electron chi connectivity index (χ0n) is 18.2. The van der Waals surface area contributed by atoms with E-state index in [1.54, 1.807) is 18.4 Å². The van der Waals surface area contributed by atoms with Gasteiger partial charge in [0, 0.05) is 37.1 Å². The number of ether oxygens (including phenoxy) is 1. The van der Waals surface area contributed by atoms with Crippen LogP contribution in [0.3, 0.4) is 0 Å². The van der Waals surface area contributed by atoms with Crippen LogP contribution in [0.4, 0.5) is 0 Å². The SMILES string of the molecule is COCCNC(=O)c1sc2ccccc2c1CC1CCCCCN1Cc1ccccn1. The molecular formula is C25H31N3O2S. The molecule has 1 aromatic carbocycles. The van der Waals surface area contributed by atoms with E-state index in [9.17, 15) is 4.79 Å². The summed E-state index contributed by atoms with van der Waals surface area (Å²) in [5.41, 5.74) is 2.30. The minimum Gasteiger partial charge on any atom is -0.383 e. The molecule has 2 aromatic heterocycles. The number of nitrogens with zero attached hydrogens (tertiary/aromatic N) is 2. The first-order chi connectivity index (χ1) is 15.3. The Morgan fingerprint density at radius 1 is 1.19 bits per heavy atom. The molecule has 164 valence electrons. The molecule has 1 atom stereocenters. The van der Waals surface area contributed by atoms with Crippen LogP contribution in [0.15, 0.2) is 48.7 Å². The third kappa shape index (κ3) is 5.50. The molecule has 4 rings (SSSR count). The first kappa shape index (κ1) is 21.9. The van der Waals surface area contributed by atoms with Crippen molar-refractivity contribution in [2.24, 2.45) is 0 Å². The van der Waals surface area contributed by atoms with Gasteiger partial charge in [0.05, 0.1) is 17.2 Å².